The molecule has 2 heterocycles. The monoisotopic (exact) mass is 376 g/mol. The lowest BCUT2D eigenvalue weighted by atomic mass is 9.88. The lowest BCUT2D eigenvalue weighted by molar-refractivity contribution is 0.0912. The van der Waals surface area contributed by atoms with E-state index in [1.165, 1.54) is 0 Å². The van der Waals surface area contributed by atoms with E-state index in [0.717, 1.165) is 27.9 Å². The van der Waals surface area contributed by atoms with E-state index in [4.69, 9.17) is 14.5 Å². The summed E-state index contributed by atoms with van der Waals surface area (Å²) in [5, 5.41) is 3.98. The minimum atomic E-state index is -0.0944. The number of rotatable bonds is 3. The van der Waals surface area contributed by atoms with Crippen LogP contribution in [0.2, 0.25) is 0 Å². The zero-order valence-corrected chi connectivity index (χ0v) is 16.6. The van der Waals surface area contributed by atoms with Gasteiger partial charge in [0.15, 0.2) is 11.5 Å². The van der Waals surface area contributed by atoms with Crippen LogP contribution in [0.1, 0.15) is 38.1 Å². The van der Waals surface area contributed by atoms with Gasteiger partial charge in [-0.05, 0) is 42.7 Å². The van der Waals surface area contributed by atoms with Crippen LogP contribution in [0.25, 0.3) is 22.2 Å². The maximum Gasteiger partial charge on any atom is 0.252 e. The Labute approximate surface area is 164 Å². The van der Waals surface area contributed by atoms with Crippen molar-refractivity contribution in [1.82, 2.24) is 10.3 Å². The lowest BCUT2D eigenvalue weighted by Gasteiger charge is -2.28. The van der Waals surface area contributed by atoms with Crippen molar-refractivity contribution in [2.24, 2.45) is 5.41 Å². The topological polar surface area (TPSA) is 60.5 Å². The van der Waals surface area contributed by atoms with Crippen molar-refractivity contribution in [3.63, 3.8) is 0 Å². The zero-order valence-electron chi connectivity index (χ0n) is 16.6. The van der Waals surface area contributed by atoms with Gasteiger partial charge in [-0.25, -0.2) is 4.98 Å². The molecule has 1 amide bonds. The van der Waals surface area contributed by atoms with Gasteiger partial charge in [0.05, 0.1) is 16.8 Å². The Morgan fingerprint density at radius 3 is 2.61 bits per heavy atom. The molecule has 0 saturated heterocycles. The minimum absolute atomic E-state index is 0.0286. The van der Waals surface area contributed by atoms with Crippen molar-refractivity contribution in [3.8, 4) is 22.8 Å². The van der Waals surface area contributed by atoms with E-state index in [0.29, 0.717) is 11.3 Å². The van der Waals surface area contributed by atoms with Crippen LogP contribution in [0.4, 0.5) is 0 Å². The first kappa shape index (κ1) is 18.3. The van der Waals surface area contributed by atoms with Gasteiger partial charge in [0.25, 0.3) is 5.91 Å². The highest BCUT2D eigenvalue weighted by Gasteiger charge is 2.24. The van der Waals surface area contributed by atoms with Gasteiger partial charge in [-0.3, -0.25) is 4.79 Å². The van der Waals surface area contributed by atoms with Gasteiger partial charge in [-0.15, -0.1) is 0 Å². The average molecular weight is 376 g/mol. The summed E-state index contributed by atoms with van der Waals surface area (Å²) in [4.78, 5) is 17.9. The summed E-state index contributed by atoms with van der Waals surface area (Å²) >= 11 is 0. The molecule has 0 radical (unpaired) electrons. The standard InChI is InChI=1S/C23H24N2O3/c1-14(23(2,3)4)24-22(26)17-12-19(25-18-8-6-5-7-16(17)18)15-9-10-20-21(11-15)28-13-27-20/h5-12,14H,13H2,1-4H3,(H,24,26)/t14-/m0/s1. The molecule has 1 aliphatic rings. The predicted molar refractivity (Wildman–Crippen MR) is 110 cm³/mol. The molecule has 0 saturated carbocycles. The number of nitrogens with one attached hydrogen (secondary N) is 1. The van der Waals surface area contributed by atoms with Crippen LogP contribution in [0.15, 0.2) is 48.5 Å². The summed E-state index contributed by atoms with van der Waals surface area (Å²) < 4.78 is 10.9. The number of para-hydroxylation sites is 1. The Bertz CT molecular complexity index is 1050. The Hall–Kier alpha value is -3.08. The number of amides is 1. The van der Waals surface area contributed by atoms with Crippen molar-refractivity contribution in [1.29, 1.82) is 0 Å². The largest absolute Gasteiger partial charge is 0.454 e. The van der Waals surface area contributed by atoms with Gasteiger partial charge in [0, 0.05) is 17.0 Å². The SMILES string of the molecule is C[C@H](NC(=O)c1cc(-c2ccc3c(c2)OCO3)nc2ccccc12)C(C)(C)C. The van der Waals surface area contributed by atoms with Crippen molar-refractivity contribution >= 4 is 16.8 Å². The molecule has 0 spiro atoms. The molecule has 5 heteroatoms. The number of ether oxygens (including phenoxy) is 2. The van der Waals surface area contributed by atoms with E-state index >= 15 is 0 Å². The number of hydrogen-bond donors (Lipinski definition) is 1. The molecule has 0 fully saturated rings. The zero-order chi connectivity index (χ0) is 19.9. The van der Waals surface area contributed by atoms with Gasteiger partial charge in [0.1, 0.15) is 0 Å². The Kier molecular flexibility index (Phi) is 4.46. The summed E-state index contributed by atoms with van der Waals surface area (Å²) in [6.07, 6.45) is 0. The van der Waals surface area contributed by atoms with Gasteiger partial charge < -0.3 is 14.8 Å². The van der Waals surface area contributed by atoms with Crippen LogP contribution >= 0.6 is 0 Å². The van der Waals surface area contributed by atoms with Crippen LogP contribution in [0.5, 0.6) is 11.5 Å². The number of carbonyl (C=O) groups is 1. The normalized spacial score (nSPS) is 14.1. The number of fused-ring (bicyclic) bond motifs is 2. The molecule has 4 rings (SSSR count). The van der Waals surface area contributed by atoms with Gasteiger partial charge in [-0.1, -0.05) is 39.0 Å². The first-order valence-electron chi connectivity index (χ1n) is 9.43. The molecule has 28 heavy (non-hydrogen) atoms. The highest BCUT2D eigenvalue weighted by atomic mass is 16.7. The van der Waals surface area contributed by atoms with Gasteiger partial charge in [0.2, 0.25) is 6.79 Å². The highest BCUT2D eigenvalue weighted by molar-refractivity contribution is 6.07. The fourth-order valence-corrected chi connectivity index (χ4v) is 3.06. The van der Waals surface area contributed by atoms with E-state index in [9.17, 15) is 4.79 Å². The Morgan fingerprint density at radius 2 is 1.82 bits per heavy atom. The maximum absolute atomic E-state index is 13.1. The minimum Gasteiger partial charge on any atom is -0.454 e. The third-order valence-electron chi connectivity index (χ3n) is 5.28. The highest BCUT2D eigenvalue weighted by Crippen LogP contribution is 2.36. The number of benzene rings is 2. The van der Waals surface area contributed by atoms with E-state index in [1.807, 2.05) is 55.5 Å². The third kappa shape index (κ3) is 3.40. The number of nitrogens with zero attached hydrogens (tertiary/aromatic N) is 1. The third-order valence-corrected chi connectivity index (χ3v) is 5.28. The molecule has 0 unspecified atom stereocenters. The van der Waals surface area contributed by atoms with Crippen molar-refractivity contribution < 1.29 is 14.3 Å². The van der Waals surface area contributed by atoms with Crippen molar-refractivity contribution in [2.75, 3.05) is 6.79 Å². The molecule has 0 aliphatic carbocycles. The number of hydrogen-bond acceptors (Lipinski definition) is 4. The molecule has 2 aromatic carbocycles. The molecular weight excluding hydrogens is 352 g/mol. The summed E-state index contributed by atoms with van der Waals surface area (Å²) in [5.41, 5.74) is 2.98. The van der Waals surface area contributed by atoms with E-state index in [2.05, 4.69) is 26.1 Å². The van der Waals surface area contributed by atoms with Crippen LogP contribution < -0.4 is 14.8 Å². The second-order valence-electron chi connectivity index (χ2n) is 8.20. The molecule has 1 atom stereocenters. The quantitative estimate of drug-likeness (QED) is 0.714. The second kappa shape index (κ2) is 6.82. The first-order chi connectivity index (χ1) is 13.3. The molecule has 3 aromatic rings. The lowest BCUT2D eigenvalue weighted by Crippen LogP contribution is -2.41. The second-order valence-corrected chi connectivity index (χ2v) is 8.20. The number of aromatic nitrogens is 1. The van der Waals surface area contributed by atoms with E-state index in [1.54, 1.807) is 0 Å². The Morgan fingerprint density at radius 1 is 1.07 bits per heavy atom. The molecular formula is C23H24N2O3. The van der Waals surface area contributed by atoms with E-state index < -0.39 is 0 Å². The smallest absolute Gasteiger partial charge is 0.252 e. The summed E-state index contributed by atoms with van der Waals surface area (Å²) in [6, 6.07) is 15.3. The predicted octanol–water partition coefficient (Wildman–Crippen LogP) is 4.79. The Balaban J connectivity index is 1.79. The van der Waals surface area contributed by atoms with Crippen molar-refractivity contribution in [2.45, 2.75) is 33.7 Å². The fraction of sp³-hybridized carbons (Fsp3) is 0.304. The van der Waals surface area contributed by atoms with E-state index in [-0.39, 0.29) is 24.2 Å². The summed E-state index contributed by atoms with van der Waals surface area (Å²) in [6.45, 7) is 8.59. The van der Waals surface area contributed by atoms with Crippen molar-refractivity contribution in [3.05, 3.63) is 54.1 Å². The van der Waals surface area contributed by atoms with Gasteiger partial charge >= 0.3 is 0 Å². The van der Waals surface area contributed by atoms with Crippen LogP contribution in [-0.4, -0.2) is 23.7 Å². The average Bonchev–Trinajstić information content (AvgIpc) is 3.14. The number of pyridine rings is 1. The molecule has 1 aliphatic heterocycles. The molecule has 144 valence electrons. The summed E-state index contributed by atoms with van der Waals surface area (Å²) in [7, 11) is 0. The van der Waals surface area contributed by atoms with Crippen LogP contribution in [-0.2, 0) is 0 Å². The molecule has 0 bridgehead atoms. The van der Waals surface area contributed by atoms with Crippen LogP contribution in [0.3, 0.4) is 0 Å². The van der Waals surface area contributed by atoms with Crippen LogP contribution in [0, 0.1) is 5.41 Å². The first-order valence-corrected chi connectivity index (χ1v) is 9.43. The van der Waals surface area contributed by atoms with Gasteiger partial charge in [-0.2, -0.15) is 0 Å². The summed E-state index contributed by atoms with van der Waals surface area (Å²) in [5.74, 6) is 1.32. The molecule has 1 aromatic heterocycles. The molecule has 5 nitrogen and oxygen atoms in total. The molecule has 1 N–H and O–H groups in total. The number of carbonyl (C=O) groups excluding carboxylic acids is 1. The maximum atomic E-state index is 13.1. The fourth-order valence-electron chi connectivity index (χ4n) is 3.06.